The maximum Gasteiger partial charge on any atom is 0.282 e. The average molecular weight is 337 g/mol. The van der Waals surface area contributed by atoms with Crippen LogP contribution in [-0.2, 0) is 0 Å². The molecule has 1 aromatic carbocycles. The second kappa shape index (κ2) is 6.05. The van der Waals surface area contributed by atoms with Crippen LogP contribution in [0.4, 0.5) is 0 Å². The molecule has 0 saturated heterocycles. The molecule has 0 fully saturated rings. The van der Waals surface area contributed by atoms with Crippen LogP contribution in [-0.4, -0.2) is 16.1 Å². The van der Waals surface area contributed by atoms with Crippen molar-refractivity contribution in [1.82, 2.24) is 15.5 Å². The summed E-state index contributed by atoms with van der Waals surface area (Å²) in [6.45, 7) is 1.83. The fourth-order valence-electron chi connectivity index (χ4n) is 1.42. The Balaban J connectivity index is 2.10. The number of rotatable bonds is 3. The molecule has 0 aliphatic carbocycles. The molecule has 0 spiro atoms. The first-order valence-electron chi connectivity index (χ1n) is 5.22. The molecule has 0 aliphatic heterocycles. The zero-order valence-electron chi connectivity index (χ0n) is 9.65. The van der Waals surface area contributed by atoms with Crippen molar-refractivity contribution in [2.24, 2.45) is 0 Å². The minimum atomic E-state index is -0.331. The molecule has 19 heavy (non-hydrogen) atoms. The fourth-order valence-corrected chi connectivity index (χ4v) is 2.46. The topological polar surface area (TPSA) is 54.9 Å². The molecule has 0 bridgehead atoms. The fraction of sp³-hybridized carbons (Fsp3) is 0.182. The number of carbonyl (C=O) groups is 1. The van der Waals surface area contributed by atoms with E-state index in [1.807, 2.05) is 6.92 Å². The predicted octanol–water partition coefficient (Wildman–Crippen LogP) is 3.99. The molecule has 100 valence electrons. The van der Waals surface area contributed by atoms with Crippen molar-refractivity contribution in [3.05, 3.63) is 43.3 Å². The quantitative estimate of drug-likeness (QED) is 0.922. The monoisotopic (exact) mass is 335 g/mol. The van der Waals surface area contributed by atoms with Gasteiger partial charge in [0.15, 0.2) is 0 Å². The first kappa shape index (κ1) is 14.5. The van der Waals surface area contributed by atoms with Crippen LogP contribution in [0, 0.1) is 0 Å². The molecule has 8 heteroatoms. The van der Waals surface area contributed by atoms with Crippen molar-refractivity contribution >= 4 is 52.0 Å². The lowest BCUT2D eigenvalue weighted by Crippen LogP contribution is -2.26. The summed E-state index contributed by atoms with van der Waals surface area (Å²) in [7, 11) is 0. The van der Waals surface area contributed by atoms with Gasteiger partial charge in [0.05, 0.1) is 16.1 Å². The Morgan fingerprint density at radius 1 is 1.26 bits per heavy atom. The van der Waals surface area contributed by atoms with Crippen molar-refractivity contribution in [3.63, 3.8) is 0 Å². The maximum atomic E-state index is 11.9. The van der Waals surface area contributed by atoms with E-state index in [9.17, 15) is 4.79 Å². The lowest BCUT2D eigenvalue weighted by molar-refractivity contribution is 0.0939. The summed E-state index contributed by atoms with van der Waals surface area (Å²) in [5.41, 5.74) is 0.846. The summed E-state index contributed by atoms with van der Waals surface area (Å²) in [4.78, 5) is 11.9. The van der Waals surface area contributed by atoms with Crippen LogP contribution >= 0.6 is 46.1 Å². The number of hydrogen-bond donors (Lipinski definition) is 1. The largest absolute Gasteiger partial charge is 0.343 e. The number of hydrogen-bond acceptors (Lipinski definition) is 4. The van der Waals surface area contributed by atoms with Gasteiger partial charge in [-0.2, -0.15) is 0 Å². The van der Waals surface area contributed by atoms with Crippen LogP contribution in [0.1, 0.15) is 28.3 Å². The second-order valence-corrected chi connectivity index (χ2v) is 6.10. The average Bonchev–Trinajstić information content (AvgIpc) is 2.79. The number of nitrogens with one attached hydrogen (secondary N) is 1. The van der Waals surface area contributed by atoms with Gasteiger partial charge in [-0.15, -0.1) is 10.2 Å². The molecular formula is C11H8Cl3N3OS. The summed E-state index contributed by atoms with van der Waals surface area (Å²) >= 11 is 18.4. The molecule has 1 aromatic heterocycles. The van der Waals surface area contributed by atoms with Crippen molar-refractivity contribution in [2.45, 2.75) is 13.0 Å². The van der Waals surface area contributed by atoms with Gasteiger partial charge >= 0.3 is 0 Å². The Kier molecular flexibility index (Phi) is 4.62. The third kappa shape index (κ3) is 3.57. The first-order valence-corrected chi connectivity index (χ1v) is 7.17. The molecule has 0 aliphatic rings. The molecule has 1 N–H and O–H groups in total. The Bertz CT molecular complexity index is 617. The van der Waals surface area contributed by atoms with E-state index in [0.29, 0.717) is 10.0 Å². The lowest BCUT2D eigenvalue weighted by Gasteiger charge is -2.13. The number of aromatic nitrogens is 2. The van der Waals surface area contributed by atoms with Gasteiger partial charge in [0.25, 0.3) is 5.91 Å². The zero-order valence-corrected chi connectivity index (χ0v) is 12.7. The predicted molar refractivity (Wildman–Crippen MR) is 77.3 cm³/mol. The molecule has 1 unspecified atom stereocenters. The zero-order chi connectivity index (χ0) is 14.0. The van der Waals surface area contributed by atoms with E-state index in [1.165, 1.54) is 0 Å². The molecule has 0 radical (unpaired) electrons. The summed E-state index contributed by atoms with van der Waals surface area (Å²) in [5, 5.41) is 11.2. The maximum absolute atomic E-state index is 11.9. The highest BCUT2D eigenvalue weighted by atomic mass is 35.5. The Hall–Kier alpha value is -0.880. The number of benzene rings is 1. The number of nitrogens with zero attached hydrogens (tertiary/aromatic N) is 2. The highest BCUT2D eigenvalue weighted by Crippen LogP contribution is 2.25. The van der Waals surface area contributed by atoms with Crippen LogP contribution < -0.4 is 5.32 Å². The molecule has 2 rings (SSSR count). The van der Waals surface area contributed by atoms with Gasteiger partial charge in [0.2, 0.25) is 9.47 Å². The van der Waals surface area contributed by atoms with E-state index >= 15 is 0 Å². The highest BCUT2D eigenvalue weighted by Gasteiger charge is 2.16. The van der Waals surface area contributed by atoms with E-state index in [-0.39, 0.29) is 21.4 Å². The van der Waals surface area contributed by atoms with Gasteiger partial charge in [-0.05, 0) is 36.2 Å². The van der Waals surface area contributed by atoms with Crippen molar-refractivity contribution in [3.8, 4) is 0 Å². The lowest BCUT2D eigenvalue weighted by atomic mass is 10.1. The summed E-state index contributed by atoms with van der Waals surface area (Å²) in [6, 6.07) is 4.96. The van der Waals surface area contributed by atoms with Gasteiger partial charge in [-0.1, -0.05) is 40.6 Å². The van der Waals surface area contributed by atoms with Crippen LogP contribution in [0.2, 0.25) is 14.5 Å². The highest BCUT2D eigenvalue weighted by molar-refractivity contribution is 7.17. The molecule has 1 amide bonds. The summed E-state index contributed by atoms with van der Waals surface area (Å²) < 4.78 is 0.229. The summed E-state index contributed by atoms with van der Waals surface area (Å²) in [6.07, 6.45) is 0. The summed E-state index contributed by atoms with van der Waals surface area (Å²) in [5.74, 6) is -0.331. The molecule has 1 atom stereocenters. The number of halogens is 3. The normalized spacial score (nSPS) is 12.2. The molecule has 4 nitrogen and oxygen atoms in total. The van der Waals surface area contributed by atoms with Crippen LogP contribution in [0.15, 0.2) is 18.2 Å². The van der Waals surface area contributed by atoms with Crippen molar-refractivity contribution in [2.75, 3.05) is 0 Å². The van der Waals surface area contributed by atoms with E-state index < -0.39 is 0 Å². The Labute approximate surface area is 128 Å². The molecule has 2 aromatic rings. The van der Waals surface area contributed by atoms with E-state index in [0.717, 1.165) is 16.9 Å². The van der Waals surface area contributed by atoms with Crippen LogP contribution in [0.3, 0.4) is 0 Å². The van der Waals surface area contributed by atoms with Gasteiger partial charge in [-0.3, -0.25) is 4.79 Å². The third-order valence-corrected chi connectivity index (χ3v) is 4.14. The van der Waals surface area contributed by atoms with Gasteiger partial charge in [-0.25, -0.2) is 0 Å². The number of amides is 1. The van der Waals surface area contributed by atoms with E-state index in [1.54, 1.807) is 18.2 Å². The van der Waals surface area contributed by atoms with Gasteiger partial charge in [0.1, 0.15) is 0 Å². The van der Waals surface area contributed by atoms with Gasteiger partial charge in [0, 0.05) is 0 Å². The SMILES string of the molecule is CC(NC(=O)c1nnc(Cl)s1)c1ccc(Cl)c(Cl)c1. The van der Waals surface area contributed by atoms with Crippen molar-refractivity contribution < 1.29 is 4.79 Å². The van der Waals surface area contributed by atoms with Crippen LogP contribution in [0.25, 0.3) is 0 Å². The van der Waals surface area contributed by atoms with Crippen LogP contribution in [0.5, 0.6) is 0 Å². The molecule has 0 saturated carbocycles. The van der Waals surface area contributed by atoms with E-state index in [4.69, 9.17) is 34.8 Å². The van der Waals surface area contributed by atoms with E-state index in [2.05, 4.69) is 15.5 Å². The van der Waals surface area contributed by atoms with Crippen molar-refractivity contribution in [1.29, 1.82) is 0 Å². The smallest absolute Gasteiger partial charge is 0.282 e. The first-order chi connectivity index (χ1) is 8.97. The minimum absolute atomic E-state index is 0.219. The third-order valence-electron chi connectivity index (χ3n) is 2.39. The second-order valence-electron chi connectivity index (χ2n) is 3.73. The number of carbonyl (C=O) groups excluding carboxylic acids is 1. The Morgan fingerprint density at radius 3 is 2.58 bits per heavy atom. The minimum Gasteiger partial charge on any atom is -0.343 e. The molecular weight excluding hydrogens is 329 g/mol. The standard InChI is InChI=1S/C11H8Cl3N3OS/c1-5(6-2-3-7(12)8(13)4-6)15-9(18)10-16-17-11(14)19-10/h2-5H,1H3,(H,15,18). The molecule has 1 heterocycles. The van der Waals surface area contributed by atoms with Gasteiger partial charge < -0.3 is 5.32 Å². The Morgan fingerprint density at radius 2 is 2.00 bits per heavy atom.